The van der Waals surface area contributed by atoms with Crippen LogP contribution in [-0.4, -0.2) is 90.0 Å². The van der Waals surface area contributed by atoms with Crippen LogP contribution in [0, 0.1) is 20.8 Å². The Morgan fingerprint density at radius 3 is 2.78 bits per heavy atom. The molecule has 4 heterocycles. The zero-order chi connectivity index (χ0) is 31.9. The number of hydrogen-bond donors (Lipinski definition) is 2. The fraction of sp³-hybridized carbons (Fsp3) is 0.452. The summed E-state index contributed by atoms with van der Waals surface area (Å²) < 4.78 is 9.38. The molecule has 2 N–H and O–H groups in total. The fourth-order valence-corrected chi connectivity index (χ4v) is 5.65. The number of rotatable bonds is 4. The minimum Gasteiger partial charge on any atom is -0.494 e. The van der Waals surface area contributed by atoms with Gasteiger partial charge in [-0.1, -0.05) is 11.3 Å². The minimum absolute atomic E-state index is 0.228. The Kier molecular flexibility index (Phi) is 10.3. The molecule has 45 heavy (non-hydrogen) atoms. The van der Waals surface area contributed by atoms with Gasteiger partial charge in [0.25, 0.3) is 11.8 Å². The topological polar surface area (TPSA) is 149 Å². The molecule has 1 aliphatic heterocycles. The lowest BCUT2D eigenvalue weighted by Gasteiger charge is -2.23. The fourth-order valence-electron chi connectivity index (χ4n) is 5.18. The monoisotopic (exact) mass is 633 g/mol. The highest BCUT2D eigenvalue weighted by molar-refractivity contribution is 7.98. The average molecular weight is 634 g/mol. The van der Waals surface area contributed by atoms with Crippen LogP contribution in [0.5, 0.6) is 5.75 Å². The molecular formula is C31H39N9O4S. The second-order valence-corrected chi connectivity index (χ2v) is 12.2. The largest absolute Gasteiger partial charge is 0.494 e. The lowest BCUT2D eigenvalue weighted by Crippen LogP contribution is -2.47. The molecule has 0 spiro atoms. The Balaban J connectivity index is 1.38. The van der Waals surface area contributed by atoms with Gasteiger partial charge >= 0.3 is 0 Å². The molecule has 0 fully saturated rings. The molecule has 3 amide bonds. The van der Waals surface area contributed by atoms with Crippen LogP contribution in [0.4, 0.5) is 0 Å². The highest BCUT2D eigenvalue weighted by Crippen LogP contribution is 2.19. The number of carbonyl (C=O) groups is 3. The van der Waals surface area contributed by atoms with E-state index in [1.807, 2.05) is 51.4 Å². The van der Waals surface area contributed by atoms with Crippen molar-refractivity contribution < 1.29 is 19.1 Å². The summed E-state index contributed by atoms with van der Waals surface area (Å²) in [7, 11) is 0. The summed E-state index contributed by atoms with van der Waals surface area (Å²) in [6.07, 6.45) is 5.41. The van der Waals surface area contributed by atoms with E-state index >= 15 is 0 Å². The smallest absolute Gasteiger partial charge is 0.272 e. The van der Waals surface area contributed by atoms with Gasteiger partial charge in [-0.15, -0.1) is 5.10 Å². The lowest BCUT2D eigenvalue weighted by atomic mass is 10.1. The standard InChI is InChI=1S/C31H39N9O4S/c1-20-7-8-24-17-25(20)29(41)34-26(9-14-45-4)30(42)32-10-5-11-38(18-23-19-39(37-35-23)12-6-13-44-24)31(43)27-16-22(3)40-28(33-27)15-21(2)36-40/h7-8,15-17,19,26H,5-6,9-14,18H2,1-4H3,(H,32,42)(H,34,41)/t26-/m0/s1. The number of carbonyl (C=O) groups excluding carboxylic acids is 3. The second kappa shape index (κ2) is 14.5. The van der Waals surface area contributed by atoms with E-state index in [-0.39, 0.29) is 24.3 Å². The third-order valence-electron chi connectivity index (χ3n) is 7.56. The molecule has 0 radical (unpaired) electrons. The minimum atomic E-state index is -0.703. The normalized spacial score (nSPS) is 17.0. The molecule has 3 aromatic heterocycles. The predicted molar refractivity (Wildman–Crippen MR) is 170 cm³/mol. The molecule has 0 saturated carbocycles. The summed E-state index contributed by atoms with van der Waals surface area (Å²) in [5.74, 6) is 0.436. The quantitative estimate of drug-likeness (QED) is 0.346. The third-order valence-corrected chi connectivity index (χ3v) is 8.21. The highest BCUT2D eigenvalue weighted by Gasteiger charge is 2.24. The van der Waals surface area contributed by atoms with Gasteiger partial charge in [-0.05, 0) is 69.4 Å². The molecule has 0 unspecified atom stereocenters. The van der Waals surface area contributed by atoms with Crippen molar-refractivity contribution in [3.8, 4) is 5.75 Å². The van der Waals surface area contributed by atoms with Crippen LogP contribution in [0.15, 0.2) is 36.5 Å². The van der Waals surface area contributed by atoms with E-state index in [1.165, 1.54) is 0 Å². The SMILES string of the molecule is CSCC[C@@H]1NC(=O)c2cc(ccc2C)OCCCn2cc(nn2)CN(C(=O)c2cc(C)n3nc(C)cc3n2)CCCNC1=O. The number of amides is 3. The number of ether oxygens (including phenoxy) is 1. The first-order valence-corrected chi connectivity index (χ1v) is 16.4. The lowest BCUT2D eigenvalue weighted by molar-refractivity contribution is -0.123. The number of nitrogens with one attached hydrogen (secondary N) is 2. The van der Waals surface area contributed by atoms with Gasteiger partial charge in [0, 0.05) is 43.4 Å². The first-order valence-electron chi connectivity index (χ1n) is 15.0. The molecule has 5 rings (SSSR count). The van der Waals surface area contributed by atoms with Gasteiger partial charge < -0.3 is 20.3 Å². The maximum absolute atomic E-state index is 13.8. The van der Waals surface area contributed by atoms with Crippen LogP contribution in [0.3, 0.4) is 0 Å². The van der Waals surface area contributed by atoms with Crippen molar-refractivity contribution in [2.75, 3.05) is 31.7 Å². The Morgan fingerprint density at radius 2 is 1.96 bits per heavy atom. The van der Waals surface area contributed by atoms with Gasteiger partial charge in [-0.2, -0.15) is 16.9 Å². The third kappa shape index (κ3) is 7.98. The molecular weight excluding hydrogens is 594 g/mol. The second-order valence-electron chi connectivity index (χ2n) is 11.2. The van der Waals surface area contributed by atoms with Crippen LogP contribution in [0.25, 0.3) is 5.65 Å². The van der Waals surface area contributed by atoms with E-state index in [2.05, 4.69) is 31.0 Å². The van der Waals surface area contributed by atoms with Crippen LogP contribution >= 0.6 is 11.8 Å². The van der Waals surface area contributed by atoms with E-state index in [0.29, 0.717) is 79.6 Å². The zero-order valence-electron chi connectivity index (χ0n) is 26.1. The number of aryl methyl sites for hydroxylation is 4. The zero-order valence-corrected chi connectivity index (χ0v) is 26.9. The number of thioether (sulfide) groups is 1. The van der Waals surface area contributed by atoms with Crippen LogP contribution in [-0.2, 0) is 17.9 Å². The first kappa shape index (κ1) is 31.9. The van der Waals surface area contributed by atoms with Gasteiger partial charge in [-0.3, -0.25) is 19.1 Å². The van der Waals surface area contributed by atoms with E-state index in [1.54, 1.807) is 38.0 Å². The number of benzene rings is 1. The number of fused-ring (bicyclic) bond motifs is 5. The maximum Gasteiger partial charge on any atom is 0.272 e. The Labute approximate surface area is 266 Å². The summed E-state index contributed by atoms with van der Waals surface area (Å²) in [4.78, 5) is 46.6. The van der Waals surface area contributed by atoms with Crippen molar-refractivity contribution in [3.05, 3.63) is 70.4 Å². The average Bonchev–Trinajstić information content (AvgIpc) is 3.64. The molecule has 1 aliphatic rings. The first-order chi connectivity index (χ1) is 21.7. The molecule has 4 aromatic rings. The van der Waals surface area contributed by atoms with Crippen molar-refractivity contribution >= 4 is 35.1 Å². The highest BCUT2D eigenvalue weighted by atomic mass is 32.2. The van der Waals surface area contributed by atoms with Crippen LogP contribution < -0.4 is 15.4 Å². The molecule has 14 heteroatoms. The Hall–Kier alpha value is -4.46. The van der Waals surface area contributed by atoms with Gasteiger partial charge in [0.15, 0.2) is 5.65 Å². The van der Waals surface area contributed by atoms with E-state index in [4.69, 9.17) is 4.74 Å². The molecule has 1 atom stereocenters. The van der Waals surface area contributed by atoms with E-state index < -0.39 is 6.04 Å². The molecule has 1 aromatic carbocycles. The van der Waals surface area contributed by atoms with Crippen LogP contribution in [0.2, 0.25) is 0 Å². The van der Waals surface area contributed by atoms with Crippen molar-refractivity contribution in [2.24, 2.45) is 0 Å². The van der Waals surface area contributed by atoms with Gasteiger partial charge in [0.1, 0.15) is 23.2 Å². The predicted octanol–water partition coefficient (Wildman–Crippen LogP) is 2.73. The summed E-state index contributed by atoms with van der Waals surface area (Å²) in [6, 6.07) is 8.25. The van der Waals surface area contributed by atoms with Gasteiger partial charge in [-0.25, -0.2) is 9.50 Å². The molecule has 13 nitrogen and oxygen atoms in total. The number of aromatic nitrogens is 6. The Bertz CT molecular complexity index is 1680. The van der Waals surface area contributed by atoms with E-state index in [9.17, 15) is 14.4 Å². The molecule has 238 valence electrons. The molecule has 0 saturated heterocycles. The maximum atomic E-state index is 13.8. The van der Waals surface area contributed by atoms with Crippen molar-refractivity contribution in [1.29, 1.82) is 0 Å². The number of hydrogen-bond acceptors (Lipinski definition) is 9. The molecule has 0 aliphatic carbocycles. The van der Waals surface area contributed by atoms with Crippen molar-refractivity contribution in [3.63, 3.8) is 0 Å². The summed E-state index contributed by atoms with van der Waals surface area (Å²) >= 11 is 1.61. The number of nitrogens with zero attached hydrogens (tertiary/aromatic N) is 7. The van der Waals surface area contributed by atoms with Crippen LogP contribution in [0.1, 0.15) is 62.8 Å². The van der Waals surface area contributed by atoms with Gasteiger partial charge in [0.2, 0.25) is 5.91 Å². The van der Waals surface area contributed by atoms with Gasteiger partial charge in [0.05, 0.1) is 25.0 Å². The summed E-state index contributed by atoms with van der Waals surface area (Å²) in [5, 5.41) is 18.9. The van der Waals surface area contributed by atoms with Crippen molar-refractivity contribution in [1.82, 2.24) is 45.1 Å². The summed E-state index contributed by atoms with van der Waals surface area (Å²) in [6.45, 7) is 7.49. The molecule has 4 bridgehead atoms. The summed E-state index contributed by atoms with van der Waals surface area (Å²) in [5.41, 5.74) is 4.41. The van der Waals surface area contributed by atoms with E-state index in [0.717, 1.165) is 17.0 Å². The Morgan fingerprint density at radius 1 is 1.11 bits per heavy atom. The van der Waals surface area contributed by atoms with Crippen molar-refractivity contribution in [2.45, 2.75) is 59.2 Å².